The number of nitrogens with zero attached hydrogens (tertiary/aromatic N) is 2. The molecule has 0 bridgehead atoms. The number of sulfonamides is 1. The highest BCUT2D eigenvalue weighted by atomic mass is 32.2. The van der Waals surface area contributed by atoms with Crippen molar-refractivity contribution < 1.29 is 8.42 Å². The second-order valence-electron chi connectivity index (χ2n) is 4.88. The molecule has 0 saturated heterocycles. The van der Waals surface area contributed by atoms with Crippen LogP contribution in [0, 0.1) is 0 Å². The maximum atomic E-state index is 12.1. The number of rotatable bonds is 8. The fourth-order valence-corrected chi connectivity index (χ4v) is 2.49. The average Bonchev–Trinajstić information content (AvgIpc) is 2.39. The quantitative estimate of drug-likeness (QED) is 0.753. The minimum Gasteiger partial charge on any atom is -0.370 e. The summed E-state index contributed by atoms with van der Waals surface area (Å²) in [6.07, 6.45) is 1.37. The van der Waals surface area contributed by atoms with E-state index >= 15 is 0 Å². The van der Waals surface area contributed by atoms with Gasteiger partial charge in [0.1, 0.15) is 10.7 Å². The Kier molecular flexibility index (Phi) is 6.38. The Morgan fingerprint density at radius 3 is 2.55 bits per heavy atom. The molecule has 1 aromatic rings. The van der Waals surface area contributed by atoms with E-state index in [0.29, 0.717) is 24.9 Å². The minimum atomic E-state index is -3.48. The molecule has 0 radical (unpaired) electrons. The van der Waals surface area contributed by atoms with E-state index in [2.05, 4.69) is 33.8 Å². The van der Waals surface area contributed by atoms with E-state index in [1.807, 2.05) is 14.0 Å². The highest BCUT2D eigenvalue weighted by molar-refractivity contribution is 7.89. The van der Waals surface area contributed by atoms with E-state index in [0.717, 1.165) is 6.54 Å². The highest BCUT2D eigenvalue weighted by Crippen LogP contribution is 2.10. The lowest BCUT2D eigenvalue weighted by Gasteiger charge is -2.20. The topological polar surface area (TPSA) is 74.3 Å². The number of anilines is 1. The van der Waals surface area contributed by atoms with Crippen LogP contribution < -0.4 is 10.0 Å². The van der Waals surface area contributed by atoms with Crippen molar-refractivity contribution in [2.45, 2.75) is 31.7 Å². The Labute approximate surface area is 121 Å². The largest absolute Gasteiger partial charge is 0.370 e. The average molecular weight is 300 g/mol. The van der Waals surface area contributed by atoms with E-state index in [1.165, 1.54) is 6.20 Å². The Morgan fingerprint density at radius 2 is 2.05 bits per heavy atom. The molecule has 20 heavy (non-hydrogen) atoms. The molecule has 7 heteroatoms. The molecule has 0 aromatic carbocycles. The van der Waals surface area contributed by atoms with Crippen molar-refractivity contribution in [1.29, 1.82) is 0 Å². The Balaban J connectivity index is 2.60. The minimum absolute atomic E-state index is 0.186. The maximum Gasteiger partial charge on any atom is 0.242 e. The highest BCUT2D eigenvalue weighted by Gasteiger charge is 2.14. The molecular formula is C13H24N4O2S. The van der Waals surface area contributed by atoms with Crippen LogP contribution in [0.1, 0.15) is 20.8 Å². The summed E-state index contributed by atoms with van der Waals surface area (Å²) in [5.41, 5.74) is 0. The van der Waals surface area contributed by atoms with Gasteiger partial charge in [0.05, 0.1) is 0 Å². The molecule has 0 aliphatic carbocycles. The second-order valence-corrected chi connectivity index (χ2v) is 6.65. The Bertz CT molecular complexity index is 500. The van der Waals surface area contributed by atoms with Crippen LogP contribution in [0.15, 0.2) is 23.2 Å². The molecule has 0 aliphatic rings. The number of hydrogen-bond donors (Lipinski definition) is 2. The number of likely N-dealkylation sites (N-methyl/N-ethyl adjacent to an activating group) is 1. The normalized spacial score (nSPS) is 12.1. The van der Waals surface area contributed by atoms with Gasteiger partial charge in [0.15, 0.2) is 0 Å². The van der Waals surface area contributed by atoms with Gasteiger partial charge in [-0.25, -0.2) is 18.1 Å². The summed E-state index contributed by atoms with van der Waals surface area (Å²) in [5.74, 6) is 0.672. The lowest BCUT2D eigenvalue weighted by molar-refractivity contribution is 0.278. The molecule has 0 unspecified atom stereocenters. The smallest absolute Gasteiger partial charge is 0.242 e. The van der Waals surface area contributed by atoms with Gasteiger partial charge in [0.2, 0.25) is 10.0 Å². The molecule has 1 aromatic heterocycles. The van der Waals surface area contributed by atoms with Crippen molar-refractivity contribution in [3.63, 3.8) is 0 Å². The third-order valence-corrected chi connectivity index (χ3v) is 4.49. The summed E-state index contributed by atoms with van der Waals surface area (Å²) < 4.78 is 26.7. The maximum absolute atomic E-state index is 12.1. The molecule has 0 saturated carbocycles. The van der Waals surface area contributed by atoms with Crippen LogP contribution in [0.25, 0.3) is 0 Å². The standard InChI is InChI=1S/C13H24N4O2S/c1-5-14-13-7-6-12(10-15-13)20(18,19)16-8-9-17(4)11(2)3/h6-7,10-11,16H,5,8-9H2,1-4H3,(H,14,15). The van der Waals surface area contributed by atoms with Gasteiger partial charge in [-0.2, -0.15) is 0 Å². The summed E-state index contributed by atoms with van der Waals surface area (Å²) in [6.45, 7) is 7.89. The zero-order valence-electron chi connectivity index (χ0n) is 12.5. The molecule has 114 valence electrons. The lowest BCUT2D eigenvalue weighted by Crippen LogP contribution is -2.36. The fraction of sp³-hybridized carbons (Fsp3) is 0.615. The van der Waals surface area contributed by atoms with Gasteiger partial charge in [-0.3, -0.25) is 0 Å². The van der Waals surface area contributed by atoms with E-state index < -0.39 is 10.0 Å². The van der Waals surface area contributed by atoms with Gasteiger partial charge in [0.25, 0.3) is 0 Å². The van der Waals surface area contributed by atoms with E-state index in [4.69, 9.17) is 0 Å². The first-order chi connectivity index (χ1) is 9.36. The van der Waals surface area contributed by atoms with E-state index in [-0.39, 0.29) is 4.90 Å². The van der Waals surface area contributed by atoms with Crippen LogP contribution in [0.5, 0.6) is 0 Å². The van der Waals surface area contributed by atoms with Gasteiger partial charge in [-0.05, 0) is 40.0 Å². The number of hydrogen-bond acceptors (Lipinski definition) is 5. The number of aromatic nitrogens is 1. The predicted octanol–water partition coefficient (Wildman–Crippen LogP) is 1.13. The number of pyridine rings is 1. The molecule has 0 fully saturated rings. The van der Waals surface area contributed by atoms with E-state index in [9.17, 15) is 8.42 Å². The Hall–Kier alpha value is -1.18. The summed E-state index contributed by atoms with van der Waals surface area (Å²) in [5, 5.41) is 3.02. The second kappa shape index (κ2) is 7.56. The van der Waals surface area contributed by atoms with Crippen LogP contribution in [-0.4, -0.2) is 51.0 Å². The molecule has 6 nitrogen and oxygen atoms in total. The van der Waals surface area contributed by atoms with Crippen LogP contribution in [0.3, 0.4) is 0 Å². The van der Waals surface area contributed by atoms with E-state index in [1.54, 1.807) is 12.1 Å². The molecule has 0 spiro atoms. The van der Waals surface area contributed by atoms with Crippen molar-refractivity contribution in [3.8, 4) is 0 Å². The lowest BCUT2D eigenvalue weighted by atomic mass is 10.3. The SMILES string of the molecule is CCNc1ccc(S(=O)(=O)NCCN(C)C(C)C)cn1. The fourth-order valence-electron chi connectivity index (χ4n) is 1.52. The monoisotopic (exact) mass is 300 g/mol. The van der Waals surface area contributed by atoms with Crippen LogP contribution in [0.4, 0.5) is 5.82 Å². The van der Waals surface area contributed by atoms with Crippen LogP contribution >= 0.6 is 0 Å². The summed E-state index contributed by atoms with van der Waals surface area (Å²) in [4.78, 5) is 6.33. The van der Waals surface area contributed by atoms with Crippen molar-refractivity contribution >= 4 is 15.8 Å². The number of nitrogens with one attached hydrogen (secondary N) is 2. The van der Waals surface area contributed by atoms with Crippen molar-refractivity contribution in [1.82, 2.24) is 14.6 Å². The van der Waals surface area contributed by atoms with Crippen LogP contribution in [0.2, 0.25) is 0 Å². The molecule has 1 heterocycles. The van der Waals surface area contributed by atoms with Gasteiger partial charge in [-0.15, -0.1) is 0 Å². The molecule has 1 rings (SSSR count). The first-order valence-electron chi connectivity index (χ1n) is 6.76. The first-order valence-corrected chi connectivity index (χ1v) is 8.25. The van der Waals surface area contributed by atoms with Gasteiger partial charge < -0.3 is 10.2 Å². The third-order valence-electron chi connectivity index (χ3n) is 3.04. The summed E-state index contributed by atoms with van der Waals surface area (Å²) in [7, 11) is -1.52. The first kappa shape index (κ1) is 16.9. The zero-order chi connectivity index (χ0) is 15.2. The van der Waals surface area contributed by atoms with Crippen molar-refractivity contribution in [3.05, 3.63) is 18.3 Å². The Morgan fingerprint density at radius 1 is 1.35 bits per heavy atom. The zero-order valence-corrected chi connectivity index (χ0v) is 13.4. The van der Waals surface area contributed by atoms with Gasteiger partial charge in [0, 0.05) is 31.9 Å². The van der Waals surface area contributed by atoms with Gasteiger partial charge in [-0.1, -0.05) is 0 Å². The molecule has 0 amide bonds. The summed E-state index contributed by atoms with van der Waals surface area (Å²) >= 11 is 0. The third kappa shape index (κ3) is 5.07. The summed E-state index contributed by atoms with van der Waals surface area (Å²) in [6, 6.07) is 3.61. The predicted molar refractivity (Wildman–Crippen MR) is 81.4 cm³/mol. The van der Waals surface area contributed by atoms with Crippen molar-refractivity contribution in [2.75, 3.05) is 32.0 Å². The molecule has 0 aliphatic heterocycles. The van der Waals surface area contributed by atoms with Gasteiger partial charge >= 0.3 is 0 Å². The van der Waals surface area contributed by atoms with Crippen molar-refractivity contribution in [2.24, 2.45) is 0 Å². The van der Waals surface area contributed by atoms with Crippen LogP contribution in [-0.2, 0) is 10.0 Å². The molecule has 2 N–H and O–H groups in total. The molecular weight excluding hydrogens is 276 g/mol. The molecule has 0 atom stereocenters.